The molecule has 0 radical (unpaired) electrons. The lowest BCUT2D eigenvalue weighted by Gasteiger charge is -2.12. The Morgan fingerprint density at radius 2 is 2.03 bits per heavy atom. The van der Waals surface area contributed by atoms with Crippen molar-refractivity contribution in [2.45, 2.75) is 26.0 Å². The van der Waals surface area contributed by atoms with Crippen LogP contribution in [0.5, 0.6) is 5.75 Å². The first-order valence-electron chi connectivity index (χ1n) is 10.8. The molecule has 0 fully saturated rings. The van der Waals surface area contributed by atoms with Crippen molar-refractivity contribution >= 4 is 39.9 Å². The molecular formula is C25H21ClFN5O2. The fourth-order valence-corrected chi connectivity index (χ4v) is 3.89. The van der Waals surface area contributed by atoms with Crippen molar-refractivity contribution in [2.75, 3.05) is 11.9 Å². The maximum Gasteiger partial charge on any atom is 0.188 e. The molecule has 0 spiro atoms. The first-order valence-corrected chi connectivity index (χ1v) is 11.1. The Morgan fingerprint density at radius 3 is 2.82 bits per heavy atom. The van der Waals surface area contributed by atoms with Crippen LogP contribution in [-0.2, 0) is 17.8 Å². The topological polar surface area (TPSA) is 81.5 Å². The summed E-state index contributed by atoms with van der Waals surface area (Å²) in [6.45, 7) is 2.81. The largest absolute Gasteiger partial charge is 0.487 e. The van der Waals surface area contributed by atoms with E-state index in [0.29, 0.717) is 35.2 Å². The lowest BCUT2D eigenvalue weighted by molar-refractivity contribution is 0.305. The molecule has 1 aliphatic rings. The Balaban J connectivity index is 1.33. The molecule has 0 saturated carbocycles. The average molecular weight is 478 g/mol. The lowest BCUT2D eigenvalue weighted by atomic mass is 10.1. The molecule has 172 valence electrons. The Bertz CT molecular complexity index is 1380. The Labute approximate surface area is 200 Å². The van der Waals surface area contributed by atoms with Gasteiger partial charge in [0.1, 0.15) is 36.9 Å². The predicted octanol–water partition coefficient (Wildman–Crippen LogP) is 5.50. The number of benzene rings is 2. The second kappa shape index (κ2) is 9.61. The van der Waals surface area contributed by atoms with Gasteiger partial charge in [-0.2, -0.15) is 0 Å². The van der Waals surface area contributed by atoms with Gasteiger partial charge in [0.2, 0.25) is 0 Å². The number of nitrogens with one attached hydrogen (secondary N) is 1. The number of rotatable bonds is 7. The molecule has 5 rings (SSSR count). The molecule has 1 atom stereocenters. The number of halogens is 2. The number of fused-ring (bicyclic) bond motifs is 1. The van der Waals surface area contributed by atoms with Gasteiger partial charge in [-0.1, -0.05) is 17.7 Å². The monoisotopic (exact) mass is 477 g/mol. The van der Waals surface area contributed by atoms with Gasteiger partial charge < -0.3 is 14.8 Å². The van der Waals surface area contributed by atoms with Crippen molar-refractivity contribution in [1.29, 1.82) is 0 Å². The molecule has 2 aromatic carbocycles. The molecule has 1 N–H and O–H groups in total. The fourth-order valence-electron chi connectivity index (χ4n) is 3.65. The standard InChI is InChI=1S/C25H21ClFN5O2/c1-15-12-34-24(31-15)8-16-2-4-22-20(7-16)25(30-14-29-22)32-19-3-5-23(21(26)9-19)33-13-17-6-18(27)11-28-10-17/h2-7,9-11,14-15H,8,12-13H2,1H3,(H,29,30,32). The van der Waals surface area contributed by atoms with Gasteiger partial charge in [-0.05, 0) is 48.9 Å². The highest BCUT2D eigenvalue weighted by Crippen LogP contribution is 2.31. The van der Waals surface area contributed by atoms with E-state index in [9.17, 15) is 4.39 Å². The quantitative estimate of drug-likeness (QED) is 0.378. The van der Waals surface area contributed by atoms with Crippen LogP contribution in [0.4, 0.5) is 15.9 Å². The van der Waals surface area contributed by atoms with Crippen LogP contribution >= 0.6 is 11.6 Å². The van der Waals surface area contributed by atoms with E-state index in [4.69, 9.17) is 21.1 Å². The number of ether oxygens (including phenoxy) is 2. The van der Waals surface area contributed by atoms with E-state index in [1.54, 1.807) is 18.3 Å². The van der Waals surface area contributed by atoms with E-state index >= 15 is 0 Å². The molecule has 0 aliphatic carbocycles. The highest BCUT2D eigenvalue weighted by Gasteiger charge is 2.15. The van der Waals surface area contributed by atoms with Crippen LogP contribution in [0.2, 0.25) is 5.02 Å². The van der Waals surface area contributed by atoms with E-state index in [1.807, 2.05) is 31.2 Å². The molecule has 0 saturated heterocycles. The SMILES string of the molecule is CC1COC(Cc2ccc3ncnc(Nc4ccc(OCc5cncc(F)c5)c(Cl)c4)c3c2)=N1. The summed E-state index contributed by atoms with van der Waals surface area (Å²) in [6, 6.07) is 12.9. The van der Waals surface area contributed by atoms with Crippen molar-refractivity contribution in [1.82, 2.24) is 15.0 Å². The average Bonchev–Trinajstić information content (AvgIpc) is 3.23. The van der Waals surface area contributed by atoms with Gasteiger partial charge in [0.15, 0.2) is 5.90 Å². The van der Waals surface area contributed by atoms with E-state index in [0.717, 1.165) is 34.2 Å². The number of anilines is 2. The minimum absolute atomic E-state index is 0.157. The summed E-state index contributed by atoms with van der Waals surface area (Å²) in [6.07, 6.45) is 4.83. The molecular weight excluding hydrogens is 457 g/mol. The van der Waals surface area contributed by atoms with Crippen LogP contribution in [0.15, 0.2) is 66.2 Å². The van der Waals surface area contributed by atoms with Crippen molar-refractivity contribution in [2.24, 2.45) is 4.99 Å². The van der Waals surface area contributed by atoms with Gasteiger partial charge in [-0.3, -0.25) is 4.98 Å². The second-order valence-corrected chi connectivity index (χ2v) is 8.41. The summed E-state index contributed by atoms with van der Waals surface area (Å²) in [4.78, 5) is 17.1. The number of hydrogen-bond donors (Lipinski definition) is 1. The van der Waals surface area contributed by atoms with Crippen LogP contribution < -0.4 is 10.1 Å². The number of aromatic nitrogens is 3. The summed E-state index contributed by atoms with van der Waals surface area (Å²) in [5, 5.41) is 4.60. The fraction of sp³-hybridized carbons (Fsp3) is 0.200. The molecule has 2 aromatic heterocycles. The second-order valence-electron chi connectivity index (χ2n) is 8.00. The van der Waals surface area contributed by atoms with Gasteiger partial charge in [-0.15, -0.1) is 0 Å². The third-order valence-electron chi connectivity index (χ3n) is 5.26. The van der Waals surface area contributed by atoms with Gasteiger partial charge in [-0.25, -0.2) is 19.4 Å². The van der Waals surface area contributed by atoms with Gasteiger partial charge in [0.25, 0.3) is 0 Å². The van der Waals surface area contributed by atoms with E-state index < -0.39 is 5.82 Å². The number of hydrogen-bond acceptors (Lipinski definition) is 7. The first kappa shape index (κ1) is 22.0. The third-order valence-corrected chi connectivity index (χ3v) is 5.56. The summed E-state index contributed by atoms with van der Waals surface area (Å²) in [5.41, 5.74) is 3.24. The number of pyridine rings is 1. The zero-order valence-electron chi connectivity index (χ0n) is 18.3. The molecule has 1 unspecified atom stereocenters. The molecule has 3 heterocycles. The van der Waals surface area contributed by atoms with Gasteiger partial charge in [0.05, 0.1) is 22.8 Å². The van der Waals surface area contributed by atoms with Crippen molar-refractivity contribution < 1.29 is 13.9 Å². The van der Waals surface area contributed by atoms with Gasteiger partial charge >= 0.3 is 0 Å². The van der Waals surface area contributed by atoms with Crippen molar-refractivity contribution in [3.63, 3.8) is 0 Å². The highest BCUT2D eigenvalue weighted by molar-refractivity contribution is 6.32. The zero-order chi connectivity index (χ0) is 23.5. The molecule has 7 nitrogen and oxygen atoms in total. The minimum Gasteiger partial charge on any atom is -0.487 e. The maximum atomic E-state index is 13.3. The molecule has 0 bridgehead atoms. The minimum atomic E-state index is -0.412. The Hall–Kier alpha value is -3.78. The molecule has 1 aliphatic heterocycles. The summed E-state index contributed by atoms with van der Waals surface area (Å²) in [7, 11) is 0. The third kappa shape index (κ3) is 5.07. The van der Waals surface area contributed by atoms with E-state index in [-0.39, 0.29) is 12.6 Å². The Morgan fingerprint density at radius 1 is 1.12 bits per heavy atom. The van der Waals surface area contributed by atoms with Crippen LogP contribution in [0.1, 0.15) is 18.1 Å². The van der Waals surface area contributed by atoms with E-state index in [1.165, 1.54) is 12.4 Å². The molecule has 9 heteroatoms. The Kier molecular flexibility index (Phi) is 6.22. The van der Waals surface area contributed by atoms with Crippen LogP contribution in [-0.4, -0.2) is 33.5 Å². The zero-order valence-corrected chi connectivity index (χ0v) is 19.1. The lowest BCUT2D eigenvalue weighted by Crippen LogP contribution is -2.04. The van der Waals surface area contributed by atoms with E-state index in [2.05, 4.69) is 25.3 Å². The smallest absolute Gasteiger partial charge is 0.188 e. The molecule has 34 heavy (non-hydrogen) atoms. The maximum absolute atomic E-state index is 13.3. The van der Waals surface area contributed by atoms with Gasteiger partial charge in [0, 0.05) is 29.3 Å². The summed E-state index contributed by atoms with van der Waals surface area (Å²) >= 11 is 6.43. The molecule has 4 aromatic rings. The normalized spacial score (nSPS) is 15.1. The number of aliphatic imine (C=N–C) groups is 1. The van der Waals surface area contributed by atoms with Crippen LogP contribution in [0.25, 0.3) is 10.9 Å². The molecule has 0 amide bonds. The van der Waals surface area contributed by atoms with Crippen LogP contribution in [0.3, 0.4) is 0 Å². The van der Waals surface area contributed by atoms with Crippen molar-refractivity contribution in [3.05, 3.63) is 83.2 Å². The predicted molar refractivity (Wildman–Crippen MR) is 129 cm³/mol. The van der Waals surface area contributed by atoms with Crippen molar-refractivity contribution in [3.8, 4) is 5.75 Å². The highest BCUT2D eigenvalue weighted by atomic mass is 35.5. The summed E-state index contributed by atoms with van der Waals surface area (Å²) in [5.74, 6) is 1.47. The first-order chi connectivity index (χ1) is 16.5. The van der Waals surface area contributed by atoms with Crippen LogP contribution in [0, 0.1) is 5.82 Å². The number of nitrogens with zero attached hydrogens (tertiary/aromatic N) is 4. The summed E-state index contributed by atoms with van der Waals surface area (Å²) < 4.78 is 24.7.